The number of pyridine rings is 1. The van der Waals surface area contributed by atoms with Crippen LogP contribution in [0.5, 0.6) is 0 Å². The van der Waals surface area contributed by atoms with Crippen LogP contribution in [-0.2, 0) is 7.05 Å². The molecule has 2 aromatic heterocycles. The van der Waals surface area contributed by atoms with Crippen LogP contribution in [0.25, 0.3) is 22.3 Å². The van der Waals surface area contributed by atoms with Crippen LogP contribution in [0.4, 0.5) is 10.2 Å². The van der Waals surface area contributed by atoms with Gasteiger partial charge in [-0.1, -0.05) is 0 Å². The number of hydrogen-bond acceptors (Lipinski definition) is 5. The van der Waals surface area contributed by atoms with Crippen LogP contribution in [0, 0.1) is 12.7 Å². The number of aliphatic hydroxyl groups is 1. The predicted molar refractivity (Wildman–Crippen MR) is 125 cm³/mol. The lowest BCUT2D eigenvalue weighted by Crippen LogP contribution is -2.37. The summed E-state index contributed by atoms with van der Waals surface area (Å²) in [5.41, 5.74) is 3.80. The third-order valence-electron chi connectivity index (χ3n) is 6.82. The summed E-state index contributed by atoms with van der Waals surface area (Å²) in [4.78, 5) is 19.4. The number of halogens is 1. The monoisotopic (exact) mass is 449 g/mol. The van der Waals surface area contributed by atoms with Crippen molar-refractivity contribution in [1.29, 1.82) is 0 Å². The summed E-state index contributed by atoms with van der Waals surface area (Å²) in [6, 6.07) is 5.18. The Labute approximate surface area is 192 Å². The maximum atomic E-state index is 14.6. The van der Waals surface area contributed by atoms with Gasteiger partial charge < -0.3 is 15.3 Å². The van der Waals surface area contributed by atoms with Gasteiger partial charge in [0.1, 0.15) is 11.6 Å². The number of anilines is 1. The summed E-state index contributed by atoms with van der Waals surface area (Å²) < 4.78 is 16.4. The van der Waals surface area contributed by atoms with Gasteiger partial charge in [-0.25, -0.2) is 9.37 Å². The summed E-state index contributed by atoms with van der Waals surface area (Å²) in [5.74, 6) is -0.152. The second kappa shape index (κ2) is 7.95. The molecule has 2 aliphatic rings. The van der Waals surface area contributed by atoms with Gasteiger partial charge in [-0.05, 0) is 61.9 Å². The molecule has 0 radical (unpaired) electrons. The van der Waals surface area contributed by atoms with Crippen molar-refractivity contribution in [2.24, 2.45) is 7.05 Å². The highest BCUT2D eigenvalue weighted by molar-refractivity contribution is 5.96. The normalized spacial score (nSPS) is 16.5. The van der Waals surface area contributed by atoms with E-state index < -0.39 is 5.82 Å². The number of nitrogens with one attached hydrogen (secondary N) is 1. The van der Waals surface area contributed by atoms with E-state index in [9.17, 15) is 14.3 Å². The van der Waals surface area contributed by atoms with E-state index in [0.29, 0.717) is 0 Å². The Morgan fingerprint density at radius 3 is 2.61 bits per heavy atom. The lowest BCUT2D eigenvalue weighted by Gasteiger charge is -2.29. The van der Waals surface area contributed by atoms with Crippen LogP contribution in [-0.4, -0.2) is 51.0 Å². The number of amides is 1. The van der Waals surface area contributed by atoms with E-state index in [-0.39, 0.29) is 29.7 Å². The van der Waals surface area contributed by atoms with Gasteiger partial charge in [-0.3, -0.25) is 9.48 Å². The molecule has 172 valence electrons. The van der Waals surface area contributed by atoms with E-state index in [2.05, 4.69) is 10.4 Å². The summed E-state index contributed by atoms with van der Waals surface area (Å²) in [5, 5.41) is 17.1. The molecule has 7 nitrogen and oxygen atoms in total. The number of carbonyl (C=O) groups is 1. The van der Waals surface area contributed by atoms with E-state index in [1.54, 1.807) is 23.1 Å². The highest BCUT2D eigenvalue weighted by Crippen LogP contribution is 2.45. The Morgan fingerprint density at radius 1 is 1.24 bits per heavy atom. The second-order valence-corrected chi connectivity index (χ2v) is 9.33. The van der Waals surface area contributed by atoms with Gasteiger partial charge in [0, 0.05) is 49.2 Å². The van der Waals surface area contributed by atoms with E-state index in [1.165, 1.54) is 6.07 Å². The van der Waals surface area contributed by atoms with Crippen LogP contribution in [0.15, 0.2) is 36.8 Å². The molecule has 0 saturated heterocycles. The fourth-order valence-electron chi connectivity index (χ4n) is 4.26. The summed E-state index contributed by atoms with van der Waals surface area (Å²) >= 11 is 0. The largest absolute Gasteiger partial charge is 0.394 e. The number of aromatic nitrogens is 3. The van der Waals surface area contributed by atoms with Gasteiger partial charge in [0.25, 0.3) is 5.91 Å². The molecule has 2 aliphatic carbocycles. The number of likely N-dealkylation sites (N-methyl/N-ethyl adjacent to an activating group) is 1. The molecule has 0 atom stereocenters. The van der Waals surface area contributed by atoms with Crippen molar-refractivity contribution in [3.63, 3.8) is 0 Å². The molecule has 2 heterocycles. The first-order chi connectivity index (χ1) is 15.8. The van der Waals surface area contributed by atoms with Crippen LogP contribution in [0.2, 0.25) is 0 Å². The summed E-state index contributed by atoms with van der Waals surface area (Å²) in [7, 11) is 3.81. The van der Waals surface area contributed by atoms with Crippen LogP contribution >= 0.6 is 0 Å². The Morgan fingerprint density at radius 2 is 2.00 bits per heavy atom. The maximum Gasteiger partial charge on any atom is 0.254 e. The van der Waals surface area contributed by atoms with E-state index in [4.69, 9.17) is 4.98 Å². The Hall–Kier alpha value is -3.26. The smallest absolute Gasteiger partial charge is 0.254 e. The third-order valence-corrected chi connectivity index (χ3v) is 6.82. The second-order valence-electron chi connectivity index (χ2n) is 9.33. The highest BCUT2D eigenvalue weighted by atomic mass is 19.1. The fourth-order valence-corrected chi connectivity index (χ4v) is 4.26. The van der Waals surface area contributed by atoms with Gasteiger partial charge in [-0.15, -0.1) is 0 Å². The Kier molecular flexibility index (Phi) is 5.20. The molecule has 8 heteroatoms. The van der Waals surface area contributed by atoms with Crippen molar-refractivity contribution in [1.82, 2.24) is 20.1 Å². The number of hydrogen-bond donors (Lipinski definition) is 2. The average Bonchev–Trinajstić information content (AvgIpc) is 3.72. The predicted octanol–water partition coefficient (Wildman–Crippen LogP) is 3.45. The number of aliphatic hydroxyl groups excluding tert-OH is 1. The number of aryl methyl sites for hydroxylation is 2. The first-order valence-corrected chi connectivity index (χ1v) is 11.3. The van der Waals surface area contributed by atoms with Crippen LogP contribution in [0.3, 0.4) is 0 Å². The lowest BCUT2D eigenvalue weighted by atomic mass is 9.96. The molecule has 2 N–H and O–H groups in total. The first-order valence-electron chi connectivity index (χ1n) is 11.3. The highest BCUT2D eigenvalue weighted by Gasteiger charge is 2.47. The van der Waals surface area contributed by atoms with Gasteiger partial charge in [0.2, 0.25) is 0 Å². The van der Waals surface area contributed by atoms with Crippen LogP contribution in [0.1, 0.15) is 41.6 Å². The minimum absolute atomic E-state index is 0.0452. The molecular formula is C25H28FN5O2. The quantitative estimate of drug-likeness (QED) is 0.577. The van der Waals surface area contributed by atoms with Crippen molar-refractivity contribution in [2.45, 2.75) is 44.2 Å². The molecule has 1 amide bonds. The SMILES string of the molecule is Cc1cc(F)c(C(=O)NC2CC2)cc1-c1cnc(N(C)C2(CO)CC2)c(-c2cnn(C)c2)c1. The summed E-state index contributed by atoms with van der Waals surface area (Å²) in [6.07, 6.45) is 9.15. The molecule has 5 rings (SSSR count). The standard InChI is InChI=1S/C25H28FN5O2/c1-15-8-22(26)21(24(33)29-18-4-5-18)10-19(15)16-9-20(17-12-28-30(2)13-17)23(27-11-16)31(3)25(14-32)6-7-25/h8-13,18,32H,4-7,14H2,1-3H3,(H,29,33). The first kappa shape index (κ1) is 21.6. The molecule has 0 unspecified atom stereocenters. The van der Waals surface area contributed by atoms with Gasteiger partial charge >= 0.3 is 0 Å². The van der Waals surface area contributed by atoms with Gasteiger partial charge in [0.15, 0.2) is 0 Å². The Balaban J connectivity index is 1.60. The van der Waals surface area contributed by atoms with Crippen molar-refractivity contribution in [3.8, 4) is 22.3 Å². The van der Waals surface area contributed by atoms with E-state index >= 15 is 0 Å². The zero-order valence-electron chi connectivity index (χ0n) is 19.1. The zero-order valence-corrected chi connectivity index (χ0v) is 19.1. The average molecular weight is 450 g/mol. The third kappa shape index (κ3) is 3.99. The summed E-state index contributed by atoms with van der Waals surface area (Å²) in [6.45, 7) is 1.89. The number of rotatable bonds is 7. The minimum atomic E-state index is -0.523. The number of nitrogens with zero attached hydrogens (tertiary/aromatic N) is 4. The lowest BCUT2D eigenvalue weighted by molar-refractivity contribution is 0.0947. The van der Waals surface area contributed by atoms with Crippen molar-refractivity contribution in [2.75, 3.05) is 18.6 Å². The van der Waals surface area contributed by atoms with Crippen molar-refractivity contribution < 1.29 is 14.3 Å². The van der Waals surface area contributed by atoms with Crippen molar-refractivity contribution in [3.05, 3.63) is 53.7 Å². The topological polar surface area (TPSA) is 83.3 Å². The van der Waals surface area contributed by atoms with Gasteiger partial charge in [-0.2, -0.15) is 5.10 Å². The molecule has 0 aliphatic heterocycles. The zero-order chi connectivity index (χ0) is 23.3. The molecule has 2 saturated carbocycles. The molecule has 3 aromatic rings. The number of carbonyl (C=O) groups excluding carboxylic acids is 1. The molecule has 33 heavy (non-hydrogen) atoms. The molecular weight excluding hydrogens is 421 g/mol. The van der Waals surface area contributed by atoms with E-state index in [1.807, 2.05) is 38.2 Å². The Bertz CT molecular complexity index is 1230. The minimum Gasteiger partial charge on any atom is -0.394 e. The van der Waals surface area contributed by atoms with Gasteiger partial charge in [0.05, 0.1) is 23.9 Å². The number of benzene rings is 1. The fraction of sp³-hybridized carbons (Fsp3) is 0.400. The maximum absolute atomic E-state index is 14.6. The van der Waals surface area contributed by atoms with Crippen LogP contribution < -0.4 is 10.2 Å². The van der Waals surface area contributed by atoms with E-state index in [0.717, 1.165) is 59.3 Å². The molecule has 0 bridgehead atoms. The molecule has 2 fully saturated rings. The van der Waals surface area contributed by atoms with Crippen molar-refractivity contribution >= 4 is 11.7 Å². The molecule has 0 spiro atoms. The molecule has 1 aromatic carbocycles.